The highest BCUT2D eigenvalue weighted by Crippen LogP contribution is 2.31. The van der Waals surface area contributed by atoms with E-state index in [1.54, 1.807) is 37.4 Å². The fraction of sp³-hybridized carbons (Fsp3) is 0.190. The quantitative estimate of drug-likeness (QED) is 0.564. The van der Waals surface area contributed by atoms with E-state index < -0.39 is 0 Å². The maximum absolute atomic E-state index is 12.5. The Labute approximate surface area is 173 Å². The van der Waals surface area contributed by atoms with E-state index in [1.165, 1.54) is 16.7 Å². The van der Waals surface area contributed by atoms with E-state index in [1.807, 2.05) is 30.3 Å². The fourth-order valence-corrected chi connectivity index (χ4v) is 3.94. The molecule has 1 saturated heterocycles. The number of carbonyl (C=O) groups excluding carboxylic acids is 2. The lowest BCUT2D eigenvalue weighted by molar-refractivity contribution is -0.121. The lowest BCUT2D eigenvalue weighted by Gasteiger charge is -2.16. The van der Waals surface area contributed by atoms with Crippen molar-refractivity contribution in [3.63, 3.8) is 0 Å². The van der Waals surface area contributed by atoms with Crippen LogP contribution in [0.4, 0.5) is 0 Å². The third kappa shape index (κ3) is 4.86. The minimum absolute atomic E-state index is 0.122. The summed E-state index contributed by atoms with van der Waals surface area (Å²) in [5, 5.41) is 12.4. The molecule has 2 N–H and O–H groups in total. The Balaban J connectivity index is 1.65. The van der Waals surface area contributed by atoms with E-state index in [-0.39, 0.29) is 24.5 Å². The number of aliphatic hydroxyl groups excluding tert-OH is 1. The van der Waals surface area contributed by atoms with Gasteiger partial charge in [0, 0.05) is 12.6 Å². The average molecular weight is 413 g/mol. The van der Waals surface area contributed by atoms with Crippen molar-refractivity contribution in [2.75, 3.05) is 13.7 Å². The number of hydrogen-bond donors (Lipinski definition) is 2. The summed E-state index contributed by atoms with van der Waals surface area (Å²) in [5.74, 6) is -0.370. The van der Waals surface area contributed by atoms with E-state index in [4.69, 9.17) is 12.2 Å². The standard InChI is InChI=1S/C21H20N2O3S2/c1-23-20(26)18(28-21(23)27)12-15-7-9-16(10-8-15)19(25)22-17(13-24)11-14-5-3-2-4-6-14/h2-10,12,17,24H,11,13H2,1H3,(H,22,25)/b18-12-/t17-/m1/s1. The Kier molecular flexibility index (Phi) is 6.61. The van der Waals surface area contributed by atoms with Crippen LogP contribution in [0.2, 0.25) is 0 Å². The number of rotatable bonds is 6. The van der Waals surface area contributed by atoms with Crippen molar-refractivity contribution in [1.29, 1.82) is 0 Å². The van der Waals surface area contributed by atoms with Gasteiger partial charge in [-0.15, -0.1) is 0 Å². The van der Waals surface area contributed by atoms with E-state index in [0.717, 1.165) is 11.1 Å². The number of likely N-dealkylation sites (N-methyl/N-ethyl adjacent to an activating group) is 1. The van der Waals surface area contributed by atoms with Crippen molar-refractivity contribution < 1.29 is 14.7 Å². The van der Waals surface area contributed by atoms with Crippen LogP contribution < -0.4 is 5.32 Å². The fourth-order valence-electron chi connectivity index (χ4n) is 2.76. The van der Waals surface area contributed by atoms with Gasteiger partial charge in [0.25, 0.3) is 11.8 Å². The van der Waals surface area contributed by atoms with Gasteiger partial charge >= 0.3 is 0 Å². The first-order valence-corrected chi connectivity index (χ1v) is 9.97. The van der Waals surface area contributed by atoms with Gasteiger partial charge < -0.3 is 10.4 Å². The van der Waals surface area contributed by atoms with Gasteiger partial charge in [0.15, 0.2) is 0 Å². The molecule has 7 heteroatoms. The van der Waals surface area contributed by atoms with Gasteiger partial charge in [-0.2, -0.15) is 0 Å². The van der Waals surface area contributed by atoms with E-state index in [2.05, 4.69) is 5.32 Å². The summed E-state index contributed by atoms with van der Waals surface area (Å²) in [7, 11) is 1.65. The number of amides is 2. The molecular formula is C21H20N2O3S2. The SMILES string of the molecule is CN1C(=O)/C(=C/c2ccc(C(=O)N[C@@H](CO)Cc3ccccc3)cc2)SC1=S. The first kappa shape index (κ1) is 20.3. The summed E-state index contributed by atoms with van der Waals surface area (Å²) in [5.41, 5.74) is 2.35. The van der Waals surface area contributed by atoms with Crippen LogP contribution in [0.1, 0.15) is 21.5 Å². The molecule has 0 aliphatic carbocycles. The van der Waals surface area contributed by atoms with E-state index >= 15 is 0 Å². The lowest BCUT2D eigenvalue weighted by atomic mass is 10.1. The molecule has 0 saturated carbocycles. The second kappa shape index (κ2) is 9.14. The number of carbonyl (C=O) groups is 2. The van der Waals surface area contributed by atoms with Crippen LogP contribution in [0, 0.1) is 0 Å². The molecule has 0 radical (unpaired) electrons. The number of nitrogens with one attached hydrogen (secondary N) is 1. The molecule has 1 heterocycles. The van der Waals surface area contributed by atoms with E-state index in [9.17, 15) is 14.7 Å². The normalized spacial score (nSPS) is 16.5. The number of nitrogens with zero attached hydrogens (tertiary/aromatic N) is 1. The van der Waals surface area contributed by atoms with Gasteiger partial charge in [0.1, 0.15) is 4.32 Å². The van der Waals surface area contributed by atoms with Gasteiger partial charge in [-0.1, -0.05) is 66.4 Å². The molecule has 2 aromatic rings. The maximum atomic E-state index is 12.5. The molecule has 144 valence electrons. The predicted octanol–water partition coefficient (Wildman–Crippen LogP) is 2.85. The smallest absolute Gasteiger partial charge is 0.265 e. The molecule has 28 heavy (non-hydrogen) atoms. The highest BCUT2D eigenvalue weighted by atomic mass is 32.2. The second-order valence-electron chi connectivity index (χ2n) is 6.41. The highest BCUT2D eigenvalue weighted by Gasteiger charge is 2.28. The highest BCUT2D eigenvalue weighted by molar-refractivity contribution is 8.26. The van der Waals surface area contributed by atoms with Gasteiger partial charge in [0.2, 0.25) is 0 Å². The predicted molar refractivity (Wildman–Crippen MR) is 116 cm³/mol. The Morgan fingerprint density at radius 2 is 1.89 bits per heavy atom. The Hall–Kier alpha value is -2.48. The number of hydrogen-bond acceptors (Lipinski definition) is 5. The summed E-state index contributed by atoms with van der Waals surface area (Å²) in [6.45, 7) is -0.141. The summed E-state index contributed by atoms with van der Waals surface area (Å²) >= 11 is 6.38. The zero-order valence-electron chi connectivity index (χ0n) is 15.3. The molecule has 1 aliphatic rings. The first-order chi connectivity index (χ1) is 13.5. The molecular weight excluding hydrogens is 392 g/mol. The van der Waals surface area contributed by atoms with Crippen LogP contribution in [-0.4, -0.2) is 45.8 Å². The topological polar surface area (TPSA) is 69.6 Å². The number of benzene rings is 2. The Bertz CT molecular complexity index is 911. The Morgan fingerprint density at radius 1 is 1.21 bits per heavy atom. The first-order valence-electron chi connectivity index (χ1n) is 8.75. The van der Waals surface area contributed by atoms with Crippen LogP contribution >= 0.6 is 24.0 Å². The number of aliphatic hydroxyl groups is 1. The minimum atomic E-state index is -0.360. The number of thioether (sulfide) groups is 1. The summed E-state index contributed by atoms with van der Waals surface area (Å²) in [6, 6.07) is 16.3. The summed E-state index contributed by atoms with van der Waals surface area (Å²) < 4.78 is 0.528. The minimum Gasteiger partial charge on any atom is -0.394 e. The summed E-state index contributed by atoms with van der Waals surface area (Å²) in [6.07, 6.45) is 2.32. The molecule has 3 rings (SSSR count). The molecule has 2 amide bonds. The third-order valence-corrected chi connectivity index (χ3v) is 5.82. The summed E-state index contributed by atoms with van der Waals surface area (Å²) in [4.78, 5) is 26.5. The molecule has 1 fully saturated rings. The molecule has 1 atom stereocenters. The van der Waals surface area contributed by atoms with Crippen LogP contribution in [0.25, 0.3) is 6.08 Å². The average Bonchev–Trinajstić information content (AvgIpc) is 2.95. The van der Waals surface area contributed by atoms with Gasteiger partial charge in [-0.05, 0) is 35.8 Å². The zero-order valence-corrected chi connectivity index (χ0v) is 16.9. The monoisotopic (exact) mass is 412 g/mol. The van der Waals surface area contributed by atoms with Gasteiger partial charge in [0.05, 0.1) is 17.6 Å². The molecule has 2 aromatic carbocycles. The Morgan fingerprint density at radius 3 is 2.46 bits per heavy atom. The largest absolute Gasteiger partial charge is 0.394 e. The van der Waals surface area contributed by atoms with Gasteiger partial charge in [-0.3, -0.25) is 14.5 Å². The number of thiocarbonyl (C=S) groups is 1. The van der Waals surface area contributed by atoms with Crippen molar-refractivity contribution in [1.82, 2.24) is 10.2 Å². The van der Waals surface area contributed by atoms with Crippen molar-refractivity contribution >= 4 is 46.2 Å². The molecule has 0 spiro atoms. The van der Waals surface area contributed by atoms with Crippen LogP contribution in [0.5, 0.6) is 0 Å². The zero-order chi connectivity index (χ0) is 20.1. The van der Waals surface area contributed by atoms with Crippen molar-refractivity contribution in [2.24, 2.45) is 0 Å². The van der Waals surface area contributed by atoms with Crippen LogP contribution in [0.15, 0.2) is 59.5 Å². The molecule has 0 unspecified atom stereocenters. The van der Waals surface area contributed by atoms with E-state index in [0.29, 0.717) is 21.2 Å². The van der Waals surface area contributed by atoms with Crippen LogP contribution in [0.3, 0.4) is 0 Å². The lowest BCUT2D eigenvalue weighted by Crippen LogP contribution is -2.39. The van der Waals surface area contributed by atoms with Crippen LogP contribution in [-0.2, 0) is 11.2 Å². The molecule has 5 nitrogen and oxygen atoms in total. The van der Waals surface area contributed by atoms with Crippen molar-refractivity contribution in [3.05, 3.63) is 76.2 Å². The van der Waals surface area contributed by atoms with Crippen molar-refractivity contribution in [3.8, 4) is 0 Å². The maximum Gasteiger partial charge on any atom is 0.265 e. The second-order valence-corrected chi connectivity index (χ2v) is 8.08. The van der Waals surface area contributed by atoms with Crippen molar-refractivity contribution in [2.45, 2.75) is 12.5 Å². The molecule has 1 aliphatic heterocycles. The van der Waals surface area contributed by atoms with Gasteiger partial charge in [-0.25, -0.2) is 0 Å². The molecule has 0 bridgehead atoms. The molecule has 0 aromatic heterocycles. The third-order valence-electron chi connectivity index (χ3n) is 4.34.